The molecule has 1 aliphatic rings. The number of hydrogen-bond donors (Lipinski definition) is 3. The minimum absolute atomic E-state index is 0.00805. The first kappa shape index (κ1) is 16.9. The van der Waals surface area contributed by atoms with E-state index in [4.69, 9.17) is 10.8 Å². The summed E-state index contributed by atoms with van der Waals surface area (Å²) in [7, 11) is 0. The van der Waals surface area contributed by atoms with Gasteiger partial charge in [0.1, 0.15) is 6.04 Å². The van der Waals surface area contributed by atoms with Gasteiger partial charge in [0.2, 0.25) is 5.91 Å². The number of carboxylic acid groups (broad SMARTS) is 1. The molecule has 3 atom stereocenters. The molecule has 0 radical (unpaired) electrons. The van der Waals surface area contributed by atoms with Crippen LogP contribution in [0.4, 0.5) is 0 Å². The van der Waals surface area contributed by atoms with Crippen LogP contribution in [0, 0.1) is 10.8 Å². The Hall–Kier alpha value is -1.19. The van der Waals surface area contributed by atoms with Crippen LogP contribution in [0.15, 0.2) is 4.58 Å². The zero-order chi connectivity index (χ0) is 15.1. The number of carboxylic acids is 1. The Bertz CT molecular complexity index is 368. The summed E-state index contributed by atoms with van der Waals surface area (Å²) in [5.41, 5.74) is 5.41. The molecule has 4 N–H and O–H groups in total. The summed E-state index contributed by atoms with van der Waals surface area (Å²) in [4.78, 5) is 34.8. The number of nitrogens with zero attached hydrogens (tertiary/aromatic N) is 2. The van der Waals surface area contributed by atoms with E-state index in [9.17, 15) is 19.6 Å². The molecule has 0 bridgehead atoms. The first-order valence-electron chi connectivity index (χ1n) is 6.37. The van der Waals surface area contributed by atoms with Crippen LogP contribution in [-0.4, -0.2) is 58.0 Å². The summed E-state index contributed by atoms with van der Waals surface area (Å²) < 4.78 is 2.66. The van der Waals surface area contributed by atoms with E-state index in [0.29, 0.717) is 19.4 Å². The van der Waals surface area contributed by atoms with Crippen molar-refractivity contribution in [2.45, 2.75) is 31.4 Å². The third kappa shape index (κ3) is 4.43. The average molecular weight is 305 g/mol. The molecule has 1 amide bonds. The van der Waals surface area contributed by atoms with Gasteiger partial charge in [-0.3, -0.25) is 4.79 Å². The van der Waals surface area contributed by atoms with Gasteiger partial charge < -0.3 is 20.8 Å². The molecule has 1 saturated heterocycles. The number of hydrogen-bond acceptors (Lipinski definition) is 7. The molecular weight excluding hydrogens is 286 g/mol. The van der Waals surface area contributed by atoms with Gasteiger partial charge in [0.05, 0.1) is 6.10 Å². The highest BCUT2D eigenvalue weighted by Crippen LogP contribution is 2.24. The maximum atomic E-state index is 12.4. The van der Waals surface area contributed by atoms with Crippen LogP contribution < -0.4 is 5.73 Å². The molecule has 0 spiro atoms. The number of rotatable bonds is 8. The molecule has 1 aliphatic heterocycles. The first-order chi connectivity index (χ1) is 9.51. The third-order valence-electron chi connectivity index (χ3n) is 3.28. The minimum atomic E-state index is -1.13. The second-order valence-corrected chi connectivity index (χ2v) is 5.47. The summed E-state index contributed by atoms with van der Waals surface area (Å²) in [5.74, 6) is -1.80. The fraction of sp³-hybridized carbons (Fsp3) is 0.818. The first-order valence-corrected chi connectivity index (χ1v) is 7.31. The largest absolute Gasteiger partial charge is 0.480 e. The van der Waals surface area contributed by atoms with E-state index >= 15 is 0 Å². The SMILES string of the molecule is NCCCC(CSN=O)C(=O)N1CC(O)C[C@H]1C(=O)O. The van der Waals surface area contributed by atoms with Crippen molar-refractivity contribution in [3.63, 3.8) is 0 Å². The lowest BCUT2D eigenvalue weighted by Crippen LogP contribution is -2.44. The van der Waals surface area contributed by atoms with E-state index < -0.39 is 24.0 Å². The number of carbonyl (C=O) groups is 2. The predicted molar refractivity (Wildman–Crippen MR) is 73.8 cm³/mol. The third-order valence-corrected chi connectivity index (χ3v) is 3.94. The Kier molecular flexibility index (Phi) is 6.89. The van der Waals surface area contributed by atoms with Crippen molar-refractivity contribution < 1.29 is 19.8 Å². The Balaban J connectivity index is 2.75. The lowest BCUT2D eigenvalue weighted by molar-refractivity contribution is -0.149. The number of nitroso groups, excluding NO2 is 1. The maximum absolute atomic E-state index is 12.4. The Morgan fingerprint density at radius 1 is 1.50 bits per heavy atom. The van der Waals surface area contributed by atoms with Crippen molar-refractivity contribution in [2.75, 3.05) is 18.8 Å². The number of aliphatic carboxylic acids is 1. The van der Waals surface area contributed by atoms with E-state index in [1.807, 2.05) is 0 Å². The van der Waals surface area contributed by atoms with Crippen molar-refractivity contribution in [2.24, 2.45) is 16.2 Å². The molecule has 1 heterocycles. The molecule has 0 aromatic heterocycles. The van der Waals surface area contributed by atoms with Crippen molar-refractivity contribution in [3.05, 3.63) is 4.91 Å². The average Bonchev–Trinajstić information content (AvgIpc) is 2.80. The highest BCUT2D eigenvalue weighted by molar-refractivity contribution is 7.97. The fourth-order valence-corrected chi connectivity index (χ4v) is 2.84. The molecule has 8 nitrogen and oxygen atoms in total. The second-order valence-electron chi connectivity index (χ2n) is 4.73. The van der Waals surface area contributed by atoms with Gasteiger partial charge in [0.15, 0.2) is 0 Å². The van der Waals surface area contributed by atoms with Crippen LogP contribution in [0.5, 0.6) is 0 Å². The van der Waals surface area contributed by atoms with E-state index in [2.05, 4.69) is 4.58 Å². The number of carbonyl (C=O) groups excluding carboxylic acids is 1. The maximum Gasteiger partial charge on any atom is 0.326 e. The highest BCUT2D eigenvalue weighted by Gasteiger charge is 2.40. The van der Waals surface area contributed by atoms with Crippen LogP contribution in [0.1, 0.15) is 19.3 Å². The predicted octanol–water partition coefficient (Wildman–Crippen LogP) is -0.198. The number of nitrogens with two attached hydrogens (primary N) is 1. The molecular formula is C11H19N3O5S. The van der Waals surface area contributed by atoms with Crippen LogP contribution in [0.3, 0.4) is 0 Å². The van der Waals surface area contributed by atoms with Gasteiger partial charge in [-0.25, -0.2) is 4.79 Å². The highest BCUT2D eigenvalue weighted by atomic mass is 32.2. The standard InChI is InChI=1S/C11H19N3O5S/c12-3-1-2-7(6-20-13-19)10(16)14-5-8(15)4-9(14)11(17)18/h7-9,15H,1-6,12H2,(H,17,18)/t7?,8?,9-/m0/s1. The summed E-state index contributed by atoms with van der Waals surface area (Å²) in [6, 6.07) is -1.01. The van der Waals surface area contributed by atoms with Crippen molar-refractivity contribution in [1.82, 2.24) is 4.90 Å². The van der Waals surface area contributed by atoms with E-state index in [0.717, 1.165) is 11.9 Å². The summed E-state index contributed by atoms with van der Waals surface area (Å²) in [6.07, 6.45) is 0.275. The summed E-state index contributed by atoms with van der Waals surface area (Å²) in [5, 5.41) is 18.6. The second kappa shape index (κ2) is 8.18. The normalized spacial score (nSPS) is 23.6. The molecule has 0 aromatic carbocycles. The van der Waals surface area contributed by atoms with Crippen LogP contribution in [-0.2, 0) is 9.59 Å². The molecule has 0 aromatic rings. The van der Waals surface area contributed by atoms with Crippen molar-refractivity contribution in [1.29, 1.82) is 0 Å². The molecule has 0 saturated carbocycles. The summed E-state index contributed by atoms with van der Waals surface area (Å²) in [6.45, 7) is 0.419. The van der Waals surface area contributed by atoms with Crippen LogP contribution in [0.25, 0.3) is 0 Å². The van der Waals surface area contributed by atoms with Crippen LogP contribution in [0.2, 0.25) is 0 Å². The number of likely N-dealkylation sites (tertiary alicyclic amines) is 1. The molecule has 0 aliphatic carbocycles. The Labute approximate surface area is 120 Å². The van der Waals surface area contributed by atoms with Crippen molar-refractivity contribution in [3.8, 4) is 0 Å². The Morgan fingerprint density at radius 3 is 2.75 bits per heavy atom. The van der Waals surface area contributed by atoms with Gasteiger partial charge in [-0.15, -0.1) is 4.91 Å². The molecule has 114 valence electrons. The topological polar surface area (TPSA) is 133 Å². The molecule has 9 heteroatoms. The number of aliphatic hydroxyl groups excluding tert-OH is 1. The van der Waals surface area contributed by atoms with E-state index in [1.54, 1.807) is 0 Å². The van der Waals surface area contributed by atoms with Gasteiger partial charge in [-0.1, -0.05) is 0 Å². The zero-order valence-electron chi connectivity index (χ0n) is 11.0. The molecule has 2 unspecified atom stereocenters. The molecule has 1 rings (SSSR count). The number of amides is 1. The minimum Gasteiger partial charge on any atom is -0.480 e. The Morgan fingerprint density at radius 2 is 2.20 bits per heavy atom. The lowest BCUT2D eigenvalue weighted by atomic mass is 10.0. The van der Waals surface area contributed by atoms with Gasteiger partial charge in [0.25, 0.3) is 0 Å². The monoisotopic (exact) mass is 305 g/mol. The van der Waals surface area contributed by atoms with Crippen LogP contribution >= 0.6 is 11.9 Å². The summed E-state index contributed by atoms with van der Waals surface area (Å²) >= 11 is 0.735. The molecule has 20 heavy (non-hydrogen) atoms. The fourth-order valence-electron chi connectivity index (χ4n) is 2.29. The quantitative estimate of drug-likeness (QED) is 0.418. The van der Waals surface area contributed by atoms with Gasteiger partial charge in [-0.2, -0.15) is 0 Å². The van der Waals surface area contributed by atoms with E-state index in [1.165, 1.54) is 4.90 Å². The molecule has 1 fully saturated rings. The number of β-amino-alcohol motifs (C(OH)–C–C–N with tert-alkyl or cyclic N) is 1. The number of aliphatic hydroxyl groups is 1. The van der Waals surface area contributed by atoms with Crippen molar-refractivity contribution >= 4 is 23.8 Å². The zero-order valence-corrected chi connectivity index (χ0v) is 11.8. The van der Waals surface area contributed by atoms with E-state index in [-0.39, 0.29) is 24.6 Å². The smallest absolute Gasteiger partial charge is 0.326 e. The van der Waals surface area contributed by atoms with Gasteiger partial charge in [0, 0.05) is 41.2 Å². The van der Waals surface area contributed by atoms with Gasteiger partial charge in [-0.05, 0) is 19.4 Å². The lowest BCUT2D eigenvalue weighted by Gasteiger charge is -2.25. The van der Waals surface area contributed by atoms with Gasteiger partial charge >= 0.3 is 5.97 Å².